The molecule has 0 radical (unpaired) electrons. The highest BCUT2D eigenvalue weighted by Crippen LogP contribution is 2.59. The summed E-state index contributed by atoms with van der Waals surface area (Å²) in [6, 6.07) is 4.64. The van der Waals surface area contributed by atoms with E-state index in [0.29, 0.717) is 5.69 Å². The molecule has 1 aliphatic carbocycles. The quantitative estimate of drug-likeness (QED) is 0.578. The molecule has 4 aliphatic rings. The number of halogens is 1. The molecule has 0 aromatic heterocycles. The number of hydrogen-bond acceptors (Lipinski definition) is 5. The third-order valence-electron chi connectivity index (χ3n) is 7.93. The van der Waals surface area contributed by atoms with Gasteiger partial charge in [-0.05, 0) is 44.0 Å². The van der Waals surface area contributed by atoms with Crippen molar-refractivity contribution in [2.24, 2.45) is 11.8 Å². The minimum Gasteiger partial charge on any atom is -0.383 e. The minimum atomic E-state index is -1.23. The second-order valence-corrected chi connectivity index (χ2v) is 10.2. The van der Waals surface area contributed by atoms with E-state index in [2.05, 4.69) is 10.6 Å². The molecular formula is C26H32FN3O5. The molecule has 35 heavy (non-hydrogen) atoms. The molecule has 2 N–H and O–H groups in total. The molecule has 3 heterocycles. The fraction of sp³-hybridized carbons (Fsp3) is 0.577. The summed E-state index contributed by atoms with van der Waals surface area (Å²) in [4.78, 5) is 42.4. The van der Waals surface area contributed by atoms with E-state index in [-0.39, 0.29) is 31.0 Å². The number of ether oxygens (including phenoxy) is 2. The molecular weight excluding hydrogens is 453 g/mol. The SMILES string of the molecule is COCCN1C(=O)C2C(C(=O)Nc3ccc(F)cc3)C3(C)C=CC2(O3)C1C(=O)NC1CCCCC1. The Hall–Kier alpha value is -2.78. The number of rotatable bonds is 7. The smallest absolute Gasteiger partial charge is 0.246 e. The lowest BCUT2D eigenvalue weighted by Crippen LogP contribution is -2.57. The van der Waals surface area contributed by atoms with Crippen molar-refractivity contribution < 1.29 is 28.2 Å². The Morgan fingerprint density at radius 2 is 1.86 bits per heavy atom. The van der Waals surface area contributed by atoms with Crippen LogP contribution in [-0.2, 0) is 23.9 Å². The van der Waals surface area contributed by atoms with Gasteiger partial charge in [-0.25, -0.2) is 4.39 Å². The van der Waals surface area contributed by atoms with Crippen LogP contribution in [0.25, 0.3) is 0 Å². The van der Waals surface area contributed by atoms with E-state index in [1.54, 1.807) is 26.2 Å². The highest BCUT2D eigenvalue weighted by Gasteiger charge is 2.76. The van der Waals surface area contributed by atoms with Crippen LogP contribution in [0.2, 0.25) is 0 Å². The maximum absolute atomic E-state index is 13.8. The van der Waals surface area contributed by atoms with E-state index in [1.807, 2.05) is 0 Å². The van der Waals surface area contributed by atoms with Gasteiger partial charge >= 0.3 is 0 Å². The predicted octanol–water partition coefficient (Wildman–Crippen LogP) is 2.40. The van der Waals surface area contributed by atoms with Crippen LogP contribution in [0.4, 0.5) is 10.1 Å². The van der Waals surface area contributed by atoms with Crippen molar-refractivity contribution >= 4 is 23.4 Å². The Morgan fingerprint density at radius 1 is 1.14 bits per heavy atom. The number of fused-ring (bicyclic) bond motifs is 1. The zero-order valence-corrected chi connectivity index (χ0v) is 20.1. The first-order valence-corrected chi connectivity index (χ1v) is 12.4. The molecule has 1 aromatic rings. The third-order valence-corrected chi connectivity index (χ3v) is 7.93. The Balaban J connectivity index is 1.45. The van der Waals surface area contributed by atoms with Crippen LogP contribution in [0.5, 0.6) is 0 Å². The number of hydrogen-bond donors (Lipinski definition) is 2. The first kappa shape index (κ1) is 23.9. The second kappa shape index (κ2) is 9.02. The van der Waals surface area contributed by atoms with E-state index in [9.17, 15) is 18.8 Å². The van der Waals surface area contributed by atoms with E-state index in [4.69, 9.17) is 9.47 Å². The molecule has 2 bridgehead atoms. The summed E-state index contributed by atoms with van der Waals surface area (Å²) < 4.78 is 25.0. The lowest BCUT2D eigenvalue weighted by Gasteiger charge is -2.34. The van der Waals surface area contributed by atoms with Crippen LogP contribution in [0, 0.1) is 17.7 Å². The van der Waals surface area contributed by atoms with Crippen molar-refractivity contribution in [1.29, 1.82) is 0 Å². The van der Waals surface area contributed by atoms with Gasteiger partial charge in [0.15, 0.2) is 0 Å². The number of amides is 3. The Bertz CT molecular complexity index is 1040. The van der Waals surface area contributed by atoms with Crippen molar-refractivity contribution in [2.45, 2.75) is 62.3 Å². The van der Waals surface area contributed by atoms with E-state index in [1.165, 1.54) is 29.2 Å². The Morgan fingerprint density at radius 3 is 2.54 bits per heavy atom. The first-order chi connectivity index (χ1) is 16.8. The van der Waals surface area contributed by atoms with Gasteiger partial charge in [0.05, 0.1) is 24.0 Å². The van der Waals surface area contributed by atoms with Crippen LogP contribution in [0.1, 0.15) is 39.0 Å². The van der Waals surface area contributed by atoms with Gasteiger partial charge in [-0.1, -0.05) is 31.4 Å². The molecule has 2 saturated heterocycles. The van der Waals surface area contributed by atoms with Crippen LogP contribution in [0.3, 0.4) is 0 Å². The number of carbonyl (C=O) groups excluding carboxylic acids is 3. The molecule has 3 fully saturated rings. The molecule has 8 nitrogen and oxygen atoms in total. The van der Waals surface area contributed by atoms with Gasteiger partial charge in [0.1, 0.15) is 17.5 Å². The van der Waals surface area contributed by atoms with Crippen LogP contribution in [-0.4, -0.2) is 66.2 Å². The third kappa shape index (κ3) is 3.94. The maximum Gasteiger partial charge on any atom is 0.246 e. The minimum absolute atomic E-state index is 0.0711. The number of benzene rings is 1. The van der Waals surface area contributed by atoms with Gasteiger partial charge in [-0.3, -0.25) is 14.4 Å². The molecule has 188 valence electrons. The van der Waals surface area contributed by atoms with E-state index < -0.39 is 40.8 Å². The molecule has 5 rings (SSSR count). The number of nitrogens with one attached hydrogen (secondary N) is 2. The van der Waals surface area contributed by atoms with Gasteiger partial charge in [-0.2, -0.15) is 0 Å². The Labute approximate surface area is 204 Å². The average molecular weight is 486 g/mol. The fourth-order valence-electron chi connectivity index (χ4n) is 6.34. The molecule has 3 aliphatic heterocycles. The van der Waals surface area contributed by atoms with Crippen molar-refractivity contribution in [1.82, 2.24) is 10.2 Å². The molecule has 9 heteroatoms. The lowest BCUT2D eigenvalue weighted by atomic mass is 9.70. The van der Waals surface area contributed by atoms with Crippen molar-refractivity contribution in [2.75, 3.05) is 25.6 Å². The first-order valence-electron chi connectivity index (χ1n) is 12.4. The number of carbonyl (C=O) groups is 3. The van der Waals surface area contributed by atoms with Crippen molar-refractivity contribution in [3.8, 4) is 0 Å². The van der Waals surface area contributed by atoms with Crippen molar-refractivity contribution in [3.63, 3.8) is 0 Å². The second-order valence-electron chi connectivity index (χ2n) is 10.2. The summed E-state index contributed by atoms with van der Waals surface area (Å²) in [7, 11) is 1.54. The maximum atomic E-state index is 13.8. The topological polar surface area (TPSA) is 97.0 Å². The predicted molar refractivity (Wildman–Crippen MR) is 126 cm³/mol. The fourth-order valence-corrected chi connectivity index (χ4v) is 6.34. The number of likely N-dealkylation sites (tertiary alicyclic amines) is 1. The monoisotopic (exact) mass is 485 g/mol. The summed E-state index contributed by atoms with van der Waals surface area (Å²) >= 11 is 0. The zero-order chi connectivity index (χ0) is 24.8. The van der Waals surface area contributed by atoms with Crippen LogP contribution < -0.4 is 10.6 Å². The number of nitrogens with zero attached hydrogens (tertiary/aromatic N) is 1. The highest BCUT2D eigenvalue weighted by molar-refractivity contribution is 6.03. The number of methoxy groups -OCH3 is 1. The molecule has 1 aromatic carbocycles. The molecule has 1 saturated carbocycles. The van der Waals surface area contributed by atoms with Gasteiger partial charge in [0.25, 0.3) is 0 Å². The number of anilines is 1. The van der Waals surface area contributed by atoms with Gasteiger partial charge in [-0.15, -0.1) is 0 Å². The van der Waals surface area contributed by atoms with Gasteiger partial charge in [0, 0.05) is 25.4 Å². The standard InChI is InChI=1S/C26H32FN3O5/c1-25-12-13-26(35-25)20(19(25)22(31)28-18-10-8-16(27)9-11-18)24(33)30(14-15-34-2)21(26)23(32)29-17-6-4-3-5-7-17/h8-13,17,19-21H,3-7,14-15H2,1-2H3,(H,28,31)(H,29,32). The van der Waals surface area contributed by atoms with Gasteiger partial charge < -0.3 is 25.0 Å². The summed E-state index contributed by atoms with van der Waals surface area (Å²) in [6.07, 6.45) is 8.72. The zero-order valence-electron chi connectivity index (χ0n) is 20.1. The van der Waals surface area contributed by atoms with Crippen molar-refractivity contribution in [3.05, 3.63) is 42.2 Å². The van der Waals surface area contributed by atoms with Gasteiger partial charge in [0.2, 0.25) is 17.7 Å². The summed E-state index contributed by atoms with van der Waals surface area (Å²) in [5, 5.41) is 5.96. The average Bonchev–Trinajstić information content (AvgIpc) is 3.40. The summed E-state index contributed by atoms with van der Waals surface area (Å²) in [5.41, 5.74) is -1.85. The summed E-state index contributed by atoms with van der Waals surface area (Å²) in [5.74, 6) is -3.05. The van der Waals surface area contributed by atoms with Crippen LogP contribution in [0.15, 0.2) is 36.4 Å². The van der Waals surface area contributed by atoms with E-state index in [0.717, 1.165) is 32.1 Å². The van der Waals surface area contributed by atoms with Crippen LogP contribution >= 0.6 is 0 Å². The highest BCUT2D eigenvalue weighted by atomic mass is 19.1. The Kier molecular flexibility index (Phi) is 6.17. The molecule has 5 unspecified atom stereocenters. The normalized spacial score (nSPS) is 33.7. The molecule has 3 amide bonds. The largest absolute Gasteiger partial charge is 0.383 e. The molecule has 1 spiro atoms. The summed E-state index contributed by atoms with van der Waals surface area (Å²) in [6.45, 7) is 2.25. The van der Waals surface area contributed by atoms with E-state index >= 15 is 0 Å². The molecule has 5 atom stereocenters. The lowest BCUT2D eigenvalue weighted by molar-refractivity contribution is -0.144.